The zero-order chi connectivity index (χ0) is 7.78. The molecule has 6 heteroatoms. The molecule has 1 heterocycles. The van der Waals surface area contributed by atoms with Crippen LogP contribution in [0.1, 0.15) is 8.35 Å². The SMILES string of the molecule is CC1COCC1S(=O)(=O)O.[H-].[Na+]. The molecule has 0 saturated carbocycles. The van der Waals surface area contributed by atoms with E-state index in [-0.39, 0.29) is 43.5 Å². The second-order valence-electron chi connectivity index (χ2n) is 2.57. The molecule has 1 aliphatic rings. The minimum atomic E-state index is -3.88. The van der Waals surface area contributed by atoms with Crippen LogP contribution in [0.3, 0.4) is 0 Å². The van der Waals surface area contributed by atoms with Gasteiger partial charge >= 0.3 is 29.6 Å². The molecule has 1 fully saturated rings. The maximum absolute atomic E-state index is 10.5. The molecule has 0 spiro atoms. The summed E-state index contributed by atoms with van der Waals surface area (Å²) < 4.78 is 34.5. The van der Waals surface area contributed by atoms with Gasteiger partial charge in [-0.15, -0.1) is 0 Å². The van der Waals surface area contributed by atoms with Crippen LogP contribution >= 0.6 is 0 Å². The van der Waals surface area contributed by atoms with Crippen LogP contribution in [-0.4, -0.2) is 31.4 Å². The van der Waals surface area contributed by atoms with Gasteiger partial charge in [0.25, 0.3) is 10.1 Å². The third kappa shape index (κ3) is 3.01. The molecule has 0 aromatic heterocycles. The van der Waals surface area contributed by atoms with Gasteiger partial charge in [-0.25, -0.2) is 0 Å². The first-order valence-electron chi connectivity index (χ1n) is 3.06. The van der Waals surface area contributed by atoms with Crippen molar-refractivity contribution in [1.29, 1.82) is 0 Å². The molecule has 62 valence electrons. The summed E-state index contributed by atoms with van der Waals surface area (Å²) in [7, 11) is -3.88. The molecule has 0 aromatic rings. The van der Waals surface area contributed by atoms with E-state index in [0.29, 0.717) is 6.61 Å². The van der Waals surface area contributed by atoms with Crippen LogP contribution < -0.4 is 29.6 Å². The largest absolute Gasteiger partial charge is 1.00 e. The van der Waals surface area contributed by atoms with Gasteiger partial charge in [0, 0.05) is 5.92 Å². The molecular formula is C5H11NaO4S. The summed E-state index contributed by atoms with van der Waals surface area (Å²) >= 11 is 0. The Kier molecular flexibility index (Phi) is 4.54. The Morgan fingerprint density at radius 1 is 1.55 bits per heavy atom. The fourth-order valence-electron chi connectivity index (χ4n) is 1.02. The topological polar surface area (TPSA) is 63.6 Å². The minimum absolute atomic E-state index is 0. The van der Waals surface area contributed by atoms with Crippen molar-refractivity contribution >= 4 is 10.1 Å². The van der Waals surface area contributed by atoms with Gasteiger partial charge < -0.3 is 6.16 Å². The van der Waals surface area contributed by atoms with E-state index < -0.39 is 15.4 Å². The van der Waals surface area contributed by atoms with E-state index in [1.165, 1.54) is 0 Å². The molecule has 0 aliphatic carbocycles. The molecule has 4 nitrogen and oxygen atoms in total. The van der Waals surface area contributed by atoms with Crippen molar-refractivity contribution in [2.45, 2.75) is 12.2 Å². The Bertz CT molecular complexity index is 217. The molecular weight excluding hydrogens is 179 g/mol. The average molecular weight is 190 g/mol. The second kappa shape index (κ2) is 4.20. The van der Waals surface area contributed by atoms with Crippen LogP contribution in [0.25, 0.3) is 0 Å². The maximum Gasteiger partial charge on any atom is 1.00 e. The third-order valence-electron chi connectivity index (χ3n) is 1.68. The van der Waals surface area contributed by atoms with Crippen molar-refractivity contribution < 1.29 is 48.7 Å². The number of hydrogen-bond donors (Lipinski definition) is 1. The first-order valence-corrected chi connectivity index (χ1v) is 4.56. The Hall–Kier alpha value is 0.870. The van der Waals surface area contributed by atoms with E-state index in [0.717, 1.165) is 0 Å². The molecule has 0 aromatic carbocycles. The average Bonchev–Trinajstić information content (AvgIpc) is 2.11. The predicted molar refractivity (Wildman–Crippen MR) is 36.4 cm³/mol. The summed E-state index contributed by atoms with van der Waals surface area (Å²) in [5.41, 5.74) is 0. The fraction of sp³-hybridized carbons (Fsp3) is 1.00. The number of hydrogen-bond acceptors (Lipinski definition) is 3. The van der Waals surface area contributed by atoms with Crippen LogP contribution in [0.15, 0.2) is 0 Å². The zero-order valence-electron chi connectivity index (χ0n) is 7.65. The molecule has 1 saturated heterocycles. The van der Waals surface area contributed by atoms with Gasteiger partial charge in [-0.05, 0) is 0 Å². The molecule has 0 radical (unpaired) electrons. The smallest absolute Gasteiger partial charge is 1.00 e. The first-order chi connectivity index (χ1) is 4.52. The molecule has 2 unspecified atom stereocenters. The maximum atomic E-state index is 10.5. The fourth-order valence-corrected chi connectivity index (χ4v) is 1.96. The van der Waals surface area contributed by atoms with Gasteiger partial charge in [0.15, 0.2) is 0 Å². The van der Waals surface area contributed by atoms with Crippen LogP contribution in [0.5, 0.6) is 0 Å². The van der Waals surface area contributed by atoms with Gasteiger partial charge in [0.2, 0.25) is 0 Å². The zero-order valence-corrected chi connectivity index (χ0v) is 9.47. The van der Waals surface area contributed by atoms with Crippen molar-refractivity contribution in [3.63, 3.8) is 0 Å². The van der Waals surface area contributed by atoms with E-state index in [1.54, 1.807) is 6.92 Å². The van der Waals surface area contributed by atoms with Crippen molar-refractivity contribution in [2.75, 3.05) is 13.2 Å². The summed E-state index contributed by atoms with van der Waals surface area (Å²) in [5, 5.41) is -0.715. The van der Waals surface area contributed by atoms with Crippen molar-refractivity contribution in [3.8, 4) is 0 Å². The number of rotatable bonds is 1. The quantitative estimate of drug-likeness (QED) is 0.354. The Morgan fingerprint density at radius 3 is 2.27 bits per heavy atom. The van der Waals surface area contributed by atoms with Crippen LogP contribution in [0, 0.1) is 5.92 Å². The van der Waals surface area contributed by atoms with Gasteiger partial charge in [-0.2, -0.15) is 8.42 Å². The van der Waals surface area contributed by atoms with Crippen LogP contribution in [0.4, 0.5) is 0 Å². The molecule has 0 bridgehead atoms. The van der Waals surface area contributed by atoms with Crippen molar-refractivity contribution in [3.05, 3.63) is 0 Å². The Morgan fingerprint density at radius 2 is 2.09 bits per heavy atom. The first kappa shape index (κ1) is 11.9. The molecule has 1 N–H and O–H groups in total. The second-order valence-corrected chi connectivity index (χ2v) is 4.20. The predicted octanol–water partition coefficient (Wildman–Crippen LogP) is -2.97. The summed E-state index contributed by atoms with van der Waals surface area (Å²) in [6.45, 7) is 2.29. The van der Waals surface area contributed by atoms with Gasteiger partial charge in [0.05, 0.1) is 13.2 Å². The van der Waals surface area contributed by atoms with Crippen LogP contribution in [-0.2, 0) is 14.9 Å². The third-order valence-corrected chi connectivity index (χ3v) is 3.05. The molecule has 1 rings (SSSR count). The Balaban J connectivity index is 0. The van der Waals surface area contributed by atoms with Gasteiger partial charge in [-0.1, -0.05) is 6.92 Å². The summed E-state index contributed by atoms with van der Waals surface area (Å²) in [6.07, 6.45) is 0. The molecule has 11 heavy (non-hydrogen) atoms. The van der Waals surface area contributed by atoms with E-state index in [4.69, 9.17) is 9.29 Å². The van der Waals surface area contributed by atoms with E-state index >= 15 is 0 Å². The van der Waals surface area contributed by atoms with E-state index in [1.807, 2.05) is 0 Å². The Labute approximate surface area is 89.8 Å². The normalized spacial score (nSPS) is 31.5. The monoisotopic (exact) mass is 190 g/mol. The van der Waals surface area contributed by atoms with Gasteiger partial charge in [0.1, 0.15) is 5.25 Å². The van der Waals surface area contributed by atoms with Crippen molar-refractivity contribution in [1.82, 2.24) is 0 Å². The molecule has 1 aliphatic heterocycles. The molecule has 0 amide bonds. The van der Waals surface area contributed by atoms with E-state index in [2.05, 4.69) is 0 Å². The standard InChI is InChI=1S/C5H10O4S.Na.H/c1-4-2-9-3-5(4)10(6,7)8;;/h4-5H,2-3H2,1H3,(H,6,7,8);;/q;+1;-1. The van der Waals surface area contributed by atoms with Crippen molar-refractivity contribution in [2.24, 2.45) is 5.92 Å². The summed E-state index contributed by atoms with van der Waals surface area (Å²) in [6, 6.07) is 0. The minimum Gasteiger partial charge on any atom is -1.00 e. The van der Waals surface area contributed by atoms with E-state index in [9.17, 15) is 8.42 Å². The van der Waals surface area contributed by atoms with Gasteiger partial charge in [-0.3, -0.25) is 4.55 Å². The summed E-state index contributed by atoms with van der Waals surface area (Å²) in [5.74, 6) is -0.0880. The summed E-state index contributed by atoms with van der Waals surface area (Å²) in [4.78, 5) is 0. The van der Waals surface area contributed by atoms with Crippen LogP contribution in [0.2, 0.25) is 0 Å². The molecule has 2 atom stereocenters. The number of ether oxygens (including phenoxy) is 1.